The molecule has 0 radical (unpaired) electrons. The van der Waals surface area contributed by atoms with Crippen molar-refractivity contribution in [3.63, 3.8) is 0 Å². The Morgan fingerprint density at radius 2 is 1.93 bits per heavy atom. The number of nitrogens with zero attached hydrogens (tertiary/aromatic N) is 2. The molecule has 146 valence electrons. The molecular weight excluding hydrogens is 354 g/mol. The molecule has 1 amide bonds. The van der Waals surface area contributed by atoms with Gasteiger partial charge in [-0.3, -0.25) is 4.79 Å². The van der Waals surface area contributed by atoms with Crippen LogP contribution in [0, 0.1) is 0 Å². The molecule has 1 heterocycles. The molecule has 0 bridgehead atoms. The maximum atomic E-state index is 12.4. The van der Waals surface area contributed by atoms with Gasteiger partial charge in [0, 0.05) is 24.2 Å². The highest BCUT2D eigenvalue weighted by Crippen LogP contribution is 2.29. The van der Waals surface area contributed by atoms with E-state index in [2.05, 4.69) is 10.4 Å². The van der Waals surface area contributed by atoms with Crippen molar-refractivity contribution in [1.29, 1.82) is 0 Å². The van der Waals surface area contributed by atoms with Gasteiger partial charge in [0.2, 0.25) is 5.91 Å². The first-order valence-electron chi connectivity index (χ1n) is 9.21. The summed E-state index contributed by atoms with van der Waals surface area (Å²) in [6, 6.07) is 15.3. The molecule has 0 aliphatic rings. The van der Waals surface area contributed by atoms with Gasteiger partial charge in [-0.25, -0.2) is 4.68 Å². The number of rotatable bonds is 8. The van der Waals surface area contributed by atoms with Crippen LogP contribution in [0.2, 0.25) is 0 Å². The Kier molecular flexibility index (Phi) is 6.32. The first-order chi connectivity index (χ1) is 13.6. The molecule has 1 N–H and O–H groups in total. The van der Waals surface area contributed by atoms with E-state index in [1.165, 1.54) is 0 Å². The second-order valence-electron chi connectivity index (χ2n) is 6.53. The number of amides is 1. The maximum Gasteiger partial charge on any atom is 0.220 e. The molecule has 28 heavy (non-hydrogen) atoms. The van der Waals surface area contributed by atoms with Crippen molar-refractivity contribution in [3.05, 3.63) is 72.1 Å². The lowest BCUT2D eigenvalue weighted by Gasteiger charge is -2.18. The first kappa shape index (κ1) is 19.5. The molecule has 3 aromatic rings. The summed E-state index contributed by atoms with van der Waals surface area (Å²) < 4.78 is 12.5. The van der Waals surface area contributed by atoms with Crippen LogP contribution in [0.1, 0.15) is 30.5 Å². The summed E-state index contributed by atoms with van der Waals surface area (Å²) in [5, 5.41) is 7.40. The summed E-state index contributed by atoms with van der Waals surface area (Å²) in [4.78, 5) is 12.4. The number of hydrogen-bond donors (Lipinski definition) is 1. The third kappa shape index (κ3) is 4.71. The fraction of sp³-hybridized carbons (Fsp3) is 0.273. The fourth-order valence-corrected chi connectivity index (χ4v) is 3.04. The van der Waals surface area contributed by atoms with Crippen molar-refractivity contribution in [2.45, 2.75) is 25.8 Å². The van der Waals surface area contributed by atoms with E-state index in [4.69, 9.17) is 9.47 Å². The van der Waals surface area contributed by atoms with Crippen LogP contribution in [0.3, 0.4) is 0 Å². The van der Waals surface area contributed by atoms with Crippen molar-refractivity contribution in [3.8, 4) is 17.2 Å². The third-order valence-electron chi connectivity index (χ3n) is 4.58. The molecule has 0 fully saturated rings. The number of nitrogens with one attached hydrogen (secondary N) is 1. The minimum Gasteiger partial charge on any atom is -0.497 e. The van der Waals surface area contributed by atoms with Crippen LogP contribution in [-0.2, 0) is 11.2 Å². The van der Waals surface area contributed by atoms with Gasteiger partial charge in [0.25, 0.3) is 0 Å². The highest BCUT2D eigenvalue weighted by atomic mass is 16.5. The first-order valence-corrected chi connectivity index (χ1v) is 9.21. The smallest absolute Gasteiger partial charge is 0.220 e. The monoisotopic (exact) mass is 379 g/mol. The van der Waals surface area contributed by atoms with Gasteiger partial charge >= 0.3 is 0 Å². The zero-order valence-electron chi connectivity index (χ0n) is 16.4. The van der Waals surface area contributed by atoms with Crippen molar-refractivity contribution >= 4 is 5.91 Å². The molecule has 0 spiro atoms. The van der Waals surface area contributed by atoms with Gasteiger partial charge in [0.1, 0.15) is 11.5 Å². The number of benzene rings is 2. The number of aryl methyl sites for hydroxylation is 1. The summed E-state index contributed by atoms with van der Waals surface area (Å²) in [7, 11) is 3.22. The summed E-state index contributed by atoms with van der Waals surface area (Å²) in [6.45, 7) is 1.94. The van der Waals surface area contributed by atoms with Crippen LogP contribution in [0.25, 0.3) is 5.69 Å². The number of aromatic nitrogens is 2. The van der Waals surface area contributed by atoms with E-state index in [1.807, 2.05) is 66.3 Å². The third-order valence-corrected chi connectivity index (χ3v) is 4.58. The van der Waals surface area contributed by atoms with E-state index in [9.17, 15) is 4.79 Å². The van der Waals surface area contributed by atoms with E-state index >= 15 is 0 Å². The minimum absolute atomic E-state index is 0.0159. The van der Waals surface area contributed by atoms with Gasteiger partial charge in [0.15, 0.2) is 0 Å². The van der Waals surface area contributed by atoms with E-state index in [1.54, 1.807) is 20.4 Å². The normalized spacial score (nSPS) is 11.7. The zero-order valence-corrected chi connectivity index (χ0v) is 16.4. The summed E-state index contributed by atoms with van der Waals surface area (Å²) in [5.74, 6) is 1.39. The number of para-hydroxylation sites is 1. The molecular formula is C22H25N3O3. The van der Waals surface area contributed by atoms with Crippen LogP contribution in [0.15, 0.2) is 60.9 Å². The van der Waals surface area contributed by atoms with E-state index in [0.29, 0.717) is 18.6 Å². The highest BCUT2D eigenvalue weighted by molar-refractivity contribution is 5.76. The van der Waals surface area contributed by atoms with E-state index in [0.717, 1.165) is 22.6 Å². The lowest BCUT2D eigenvalue weighted by Crippen LogP contribution is -2.27. The van der Waals surface area contributed by atoms with Crippen LogP contribution < -0.4 is 14.8 Å². The molecule has 0 aliphatic carbocycles. The Labute approximate surface area is 165 Å². The maximum absolute atomic E-state index is 12.4. The fourth-order valence-electron chi connectivity index (χ4n) is 3.04. The highest BCUT2D eigenvalue weighted by Gasteiger charge is 2.15. The van der Waals surface area contributed by atoms with Gasteiger partial charge in [-0.1, -0.05) is 18.2 Å². The topological polar surface area (TPSA) is 65.4 Å². The lowest BCUT2D eigenvalue weighted by atomic mass is 10.1. The second kappa shape index (κ2) is 9.08. The molecule has 1 unspecified atom stereocenters. The van der Waals surface area contributed by atoms with Crippen LogP contribution in [0.4, 0.5) is 0 Å². The van der Waals surface area contributed by atoms with E-state index in [-0.39, 0.29) is 11.9 Å². The second-order valence-corrected chi connectivity index (χ2v) is 6.53. The predicted octanol–water partition coefficient (Wildman–Crippen LogP) is 3.70. The summed E-state index contributed by atoms with van der Waals surface area (Å²) in [5.41, 5.74) is 2.93. The summed E-state index contributed by atoms with van der Waals surface area (Å²) >= 11 is 0. The Balaban J connectivity index is 1.57. The Morgan fingerprint density at radius 3 is 2.64 bits per heavy atom. The van der Waals surface area contributed by atoms with Crippen molar-refractivity contribution < 1.29 is 14.3 Å². The standard InChI is InChI=1S/C22H25N3O3/c1-16(20-11-10-19(27-2)13-21(20)28-3)24-22(26)12-9-17-14-23-25(15-17)18-7-5-4-6-8-18/h4-8,10-11,13-16H,9,12H2,1-3H3,(H,24,26). The molecule has 0 saturated carbocycles. The molecule has 2 aromatic carbocycles. The van der Waals surface area contributed by atoms with E-state index < -0.39 is 0 Å². The quantitative estimate of drug-likeness (QED) is 0.648. The Hall–Kier alpha value is -3.28. The van der Waals surface area contributed by atoms with Gasteiger partial charge in [0.05, 0.1) is 32.1 Å². The average Bonchev–Trinajstić information content (AvgIpc) is 3.21. The lowest BCUT2D eigenvalue weighted by molar-refractivity contribution is -0.121. The van der Waals surface area contributed by atoms with Crippen molar-refractivity contribution in [2.75, 3.05) is 14.2 Å². The molecule has 0 aliphatic heterocycles. The molecule has 6 heteroatoms. The predicted molar refractivity (Wildman–Crippen MR) is 108 cm³/mol. The Morgan fingerprint density at radius 1 is 1.14 bits per heavy atom. The number of carbonyl (C=O) groups is 1. The average molecular weight is 379 g/mol. The van der Waals surface area contributed by atoms with Gasteiger partial charge in [-0.2, -0.15) is 5.10 Å². The number of ether oxygens (including phenoxy) is 2. The molecule has 1 aromatic heterocycles. The zero-order chi connectivity index (χ0) is 19.9. The van der Waals surface area contributed by atoms with Gasteiger partial charge in [-0.05, 0) is 43.2 Å². The minimum atomic E-state index is -0.166. The Bertz CT molecular complexity index is 922. The SMILES string of the molecule is COc1ccc(C(C)NC(=O)CCc2cnn(-c3ccccc3)c2)c(OC)c1. The van der Waals surface area contributed by atoms with Gasteiger partial charge < -0.3 is 14.8 Å². The van der Waals surface area contributed by atoms with Crippen LogP contribution in [-0.4, -0.2) is 29.9 Å². The number of methoxy groups -OCH3 is 2. The largest absolute Gasteiger partial charge is 0.497 e. The van der Waals surface area contributed by atoms with Crippen molar-refractivity contribution in [2.24, 2.45) is 0 Å². The van der Waals surface area contributed by atoms with Crippen LogP contribution in [0.5, 0.6) is 11.5 Å². The van der Waals surface area contributed by atoms with Crippen LogP contribution >= 0.6 is 0 Å². The number of hydrogen-bond acceptors (Lipinski definition) is 4. The van der Waals surface area contributed by atoms with Gasteiger partial charge in [-0.15, -0.1) is 0 Å². The molecule has 6 nitrogen and oxygen atoms in total. The molecule has 3 rings (SSSR count). The molecule has 0 saturated heterocycles. The number of carbonyl (C=O) groups excluding carboxylic acids is 1. The summed E-state index contributed by atoms with van der Waals surface area (Å²) in [6.07, 6.45) is 4.78. The van der Waals surface area contributed by atoms with Crippen molar-refractivity contribution in [1.82, 2.24) is 15.1 Å². The molecule has 1 atom stereocenters.